The Morgan fingerprint density at radius 2 is 2.12 bits per heavy atom. The van der Waals surface area contributed by atoms with E-state index in [0.717, 1.165) is 12.1 Å². The van der Waals surface area contributed by atoms with Crippen LogP contribution in [0.25, 0.3) is 0 Å². The van der Waals surface area contributed by atoms with E-state index in [4.69, 9.17) is 17.3 Å². The molecule has 1 aromatic rings. The average Bonchev–Trinajstić information content (AvgIpc) is 2.14. The lowest BCUT2D eigenvalue weighted by atomic mass is 10.3. The molecular weight excluding hydrogens is 277 g/mol. The summed E-state index contributed by atoms with van der Waals surface area (Å²) in [4.78, 5) is 1.25. The lowest BCUT2D eigenvalue weighted by Gasteiger charge is -2.08. The molecule has 0 aromatic heterocycles. The first-order valence-corrected chi connectivity index (χ1v) is 6.12. The predicted octanol–water partition coefficient (Wildman–Crippen LogP) is 0.506. The van der Waals surface area contributed by atoms with E-state index >= 15 is 0 Å². The van der Waals surface area contributed by atoms with Crippen LogP contribution < -0.4 is 16.0 Å². The summed E-state index contributed by atoms with van der Waals surface area (Å²) in [6.07, 6.45) is 0. The largest absolute Gasteiger partial charge is 0.375 e. The number of hydrogen-bond donors (Lipinski definition) is 3. The number of benzene rings is 1. The standard InChI is InChI=1S/C7H7ClFN3O2S2/c8-4-1-2-6(5(9)3-4)16(13,14)12-11-7(10)15/h1-3,12H,(H3,10,11,15). The van der Waals surface area contributed by atoms with Crippen LogP contribution in [-0.2, 0) is 10.0 Å². The van der Waals surface area contributed by atoms with Gasteiger partial charge in [0.2, 0.25) is 0 Å². The second-order valence-corrected chi connectivity index (χ2v) is 5.20. The third kappa shape index (κ3) is 3.27. The minimum Gasteiger partial charge on any atom is -0.375 e. The Kier molecular flexibility index (Phi) is 4.03. The normalized spacial score (nSPS) is 11.1. The van der Waals surface area contributed by atoms with E-state index in [1.54, 1.807) is 0 Å². The third-order valence-electron chi connectivity index (χ3n) is 1.49. The maximum absolute atomic E-state index is 13.3. The van der Waals surface area contributed by atoms with Crippen molar-refractivity contribution >= 4 is 39.0 Å². The number of rotatable bonds is 3. The summed E-state index contributed by atoms with van der Waals surface area (Å²) in [5.41, 5.74) is 7.02. The molecule has 0 spiro atoms. The summed E-state index contributed by atoms with van der Waals surface area (Å²) in [5, 5.41) is -0.184. The Balaban J connectivity index is 3.03. The highest BCUT2D eigenvalue weighted by Gasteiger charge is 2.18. The Bertz CT molecular complexity index is 520. The van der Waals surface area contributed by atoms with Crippen molar-refractivity contribution in [1.82, 2.24) is 10.3 Å². The minimum atomic E-state index is -4.07. The SMILES string of the molecule is NC(=S)NNS(=O)(=O)c1ccc(Cl)cc1F. The Labute approximate surface area is 102 Å². The van der Waals surface area contributed by atoms with Crippen LogP contribution in [0.5, 0.6) is 0 Å². The summed E-state index contributed by atoms with van der Waals surface area (Å²) in [7, 11) is -4.07. The van der Waals surface area contributed by atoms with Gasteiger partial charge in [-0.1, -0.05) is 11.6 Å². The first-order chi connectivity index (χ1) is 7.33. The highest BCUT2D eigenvalue weighted by molar-refractivity contribution is 7.89. The Hall–Kier alpha value is -0.960. The van der Waals surface area contributed by atoms with Gasteiger partial charge >= 0.3 is 0 Å². The van der Waals surface area contributed by atoms with Crippen LogP contribution in [0.1, 0.15) is 0 Å². The van der Waals surface area contributed by atoms with Gasteiger partial charge < -0.3 is 5.73 Å². The second kappa shape index (κ2) is 4.91. The van der Waals surface area contributed by atoms with E-state index in [9.17, 15) is 12.8 Å². The lowest BCUT2D eigenvalue weighted by molar-refractivity contribution is 0.554. The summed E-state index contributed by atoms with van der Waals surface area (Å²) in [6, 6.07) is 3.16. The molecule has 0 saturated carbocycles. The van der Waals surface area contributed by atoms with Crippen LogP contribution in [0.2, 0.25) is 5.02 Å². The van der Waals surface area contributed by atoms with Gasteiger partial charge in [0.25, 0.3) is 10.0 Å². The van der Waals surface area contributed by atoms with Crippen molar-refractivity contribution in [3.63, 3.8) is 0 Å². The van der Waals surface area contributed by atoms with Crippen molar-refractivity contribution < 1.29 is 12.8 Å². The molecule has 0 unspecified atom stereocenters. The first kappa shape index (κ1) is 13.1. The molecule has 0 radical (unpaired) electrons. The minimum absolute atomic E-state index is 0.0961. The zero-order valence-electron chi connectivity index (χ0n) is 7.70. The van der Waals surface area contributed by atoms with Crippen LogP contribution >= 0.6 is 23.8 Å². The van der Waals surface area contributed by atoms with Gasteiger partial charge in [0.15, 0.2) is 5.11 Å². The number of nitrogens with two attached hydrogens (primary N) is 1. The molecule has 0 saturated heterocycles. The van der Waals surface area contributed by atoms with Gasteiger partial charge in [-0.25, -0.2) is 12.8 Å². The first-order valence-electron chi connectivity index (χ1n) is 3.85. The van der Waals surface area contributed by atoms with Gasteiger partial charge in [-0.2, -0.15) is 0 Å². The van der Waals surface area contributed by atoms with Crippen molar-refractivity contribution in [2.45, 2.75) is 4.90 Å². The molecule has 0 amide bonds. The van der Waals surface area contributed by atoms with Gasteiger partial charge in [-0.15, -0.1) is 4.83 Å². The van der Waals surface area contributed by atoms with E-state index in [1.807, 2.05) is 10.3 Å². The van der Waals surface area contributed by atoms with Crippen molar-refractivity contribution in [1.29, 1.82) is 0 Å². The van der Waals surface area contributed by atoms with E-state index < -0.39 is 20.7 Å². The van der Waals surface area contributed by atoms with Crippen LogP contribution in [0.15, 0.2) is 23.1 Å². The van der Waals surface area contributed by atoms with E-state index in [1.165, 1.54) is 6.07 Å². The fourth-order valence-corrected chi connectivity index (χ4v) is 2.06. The molecule has 0 atom stereocenters. The molecule has 88 valence electrons. The van der Waals surface area contributed by atoms with E-state index in [2.05, 4.69) is 12.2 Å². The van der Waals surface area contributed by atoms with Gasteiger partial charge in [0, 0.05) is 5.02 Å². The van der Waals surface area contributed by atoms with Crippen molar-refractivity contribution in [3.8, 4) is 0 Å². The Morgan fingerprint density at radius 1 is 1.50 bits per heavy atom. The zero-order chi connectivity index (χ0) is 12.3. The monoisotopic (exact) mass is 283 g/mol. The van der Waals surface area contributed by atoms with Crippen LogP contribution in [-0.4, -0.2) is 13.5 Å². The van der Waals surface area contributed by atoms with Crippen molar-refractivity contribution in [2.75, 3.05) is 0 Å². The van der Waals surface area contributed by atoms with E-state index in [0.29, 0.717) is 0 Å². The zero-order valence-corrected chi connectivity index (χ0v) is 10.1. The molecule has 0 heterocycles. The number of sulfonamides is 1. The molecule has 1 rings (SSSR count). The van der Waals surface area contributed by atoms with E-state index in [-0.39, 0.29) is 10.1 Å². The maximum atomic E-state index is 13.3. The summed E-state index contributed by atoms with van der Waals surface area (Å²) < 4.78 is 36.3. The number of thiocarbonyl (C=S) groups is 1. The molecule has 0 fully saturated rings. The smallest absolute Gasteiger partial charge is 0.260 e. The number of hydrogen-bond acceptors (Lipinski definition) is 3. The Morgan fingerprint density at radius 3 is 2.62 bits per heavy atom. The molecule has 0 bridgehead atoms. The maximum Gasteiger partial charge on any atom is 0.260 e. The van der Waals surface area contributed by atoms with Crippen LogP contribution in [0, 0.1) is 5.82 Å². The molecule has 0 aliphatic heterocycles. The fourth-order valence-electron chi connectivity index (χ4n) is 0.866. The molecular formula is C7H7ClFN3O2S2. The third-order valence-corrected chi connectivity index (χ3v) is 3.11. The highest BCUT2D eigenvalue weighted by Crippen LogP contribution is 2.18. The summed E-state index contributed by atoms with van der Waals surface area (Å²) >= 11 is 9.87. The molecule has 16 heavy (non-hydrogen) atoms. The quantitative estimate of drug-likeness (QED) is 0.556. The highest BCUT2D eigenvalue weighted by atomic mass is 35.5. The summed E-state index contributed by atoms with van der Waals surface area (Å²) in [6.45, 7) is 0. The van der Waals surface area contributed by atoms with Crippen LogP contribution in [0.3, 0.4) is 0 Å². The molecule has 4 N–H and O–H groups in total. The number of nitrogens with one attached hydrogen (secondary N) is 2. The lowest BCUT2D eigenvalue weighted by Crippen LogP contribution is -2.44. The topological polar surface area (TPSA) is 84.2 Å². The van der Waals surface area contributed by atoms with Gasteiger partial charge in [0.05, 0.1) is 0 Å². The predicted molar refractivity (Wildman–Crippen MR) is 61.7 cm³/mol. The molecule has 9 heteroatoms. The molecule has 1 aromatic carbocycles. The summed E-state index contributed by atoms with van der Waals surface area (Å²) in [5.74, 6) is -0.968. The second-order valence-electron chi connectivity index (χ2n) is 2.67. The van der Waals surface area contributed by atoms with Gasteiger partial charge in [-0.3, -0.25) is 5.43 Å². The number of hydrazine groups is 1. The van der Waals surface area contributed by atoms with Crippen molar-refractivity contribution in [3.05, 3.63) is 29.0 Å². The number of halogens is 2. The average molecular weight is 284 g/mol. The van der Waals surface area contributed by atoms with Crippen LogP contribution in [0.4, 0.5) is 4.39 Å². The van der Waals surface area contributed by atoms with Gasteiger partial charge in [0.1, 0.15) is 10.7 Å². The molecule has 0 aliphatic carbocycles. The molecule has 5 nitrogen and oxygen atoms in total. The van der Waals surface area contributed by atoms with Crippen molar-refractivity contribution in [2.24, 2.45) is 5.73 Å². The van der Waals surface area contributed by atoms with Gasteiger partial charge in [-0.05, 0) is 30.4 Å². The fraction of sp³-hybridized carbons (Fsp3) is 0. The molecule has 0 aliphatic rings.